The summed E-state index contributed by atoms with van der Waals surface area (Å²) >= 11 is 7.32. The van der Waals surface area contributed by atoms with Crippen LogP contribution in [0.25, 0.3) is 0 Å². The minimum Gasteiger partial charge on any atom is -0.454 e. The van der Waals surface area contributed by atoms with Crippen molar-refractivity contribution in [1.82, 2.24) is 30.6 Å². The van der Waals surface area contributed by atoms with E-state index in [1.54, 1.807) is 48.0 Å². The summed E-state index contributed by atoms with van der Waals surface area (Å²) in [6.07, 6.45) is -1.63. The third kappa shape index (κ3) is 10.3. The molecule has 12 nitrogen and oxygen atoms in total. The molecule has 0 atom stereocenters. The first-order valence-electron chi connectivity index (χ1n) is 15.0. The van der Waals surface area contributed by atoms with Crippen molar-refractivity contribution in [2.24, 2.45) is 5.41 Å². The third-order valence-corrected chi connectivity index (χ3v) is 8.42. The van der Waals surface area contributed by atoms with Gasteiger partial charge in [-0.05, 0) is 60.2 Å². The molecule has 1 saturated carbocycles. The highest BCUT2D eigenvalue weighted by Crippen LogP contribution is 2.48. The number of carbonyl (C=O) groups excluding carboxylic acids is 3. The number of carbonyl (C=O) groups is 3. The molecule has 0 saturated heterocycles. The lowest BCUT2D eigenvalue weighted by molar-refractivity contribution is -0.154. The Hall–Kier alpha value is -4.83. The summed E-state index contributed by atoms with van der Waals surface area (Å²) in [5, 5.41) is 14.4. The number of amides is 2. The quantitative estimate of drug-likeness (QED) is 0.117. The van der Waals surface area contributed by atoms with Crippen molar-refractivity contribution >= 4 is 58.1 Å². The van der Waals surface area contributed by atoms with Crippen LogP contribution in [0.15, 0.2) is 60.1 Å². The monoisotopic (exact) mass is 716 g/mol. The average molecular weight is 717 g/mol. The number of ether oxygens (including phenoxy) is 1. The zero-order chi connectivity index (χ0) is 35.2. The molecule has 49 heavy (non-hydrogen) atoms. The van der Waals surface area contributed by atoms with Crippen LogP contribution < -0.4 is 26.0 Å². The molecule has 0 radical (unpaired) electrons. The summed E-state index contributed by atoms with van der Waals surface area (Å²) in [6.45, 7) is 2.42. The van der Waals surface area contributed by atoms with E-state index in [0.717, 1.165) is 18.4 Å². The fourth-order valence-corrected chi connectivity index (χ4v) is 5.31. The summed E-state index contributed by atoms with van der Waals surface area (Å²) in [5.41, 5.74) is 0.606. The molecule has 4 N–H and O–H groups in total. The average Bonchev–Trinajstić information content (AvgIpc) is 3.64. The normalized spacial score (nSPS) is 13.7. The van der Waals surface area contributed by atoms with Crippen LogP contribution >= 0.6 is 22.9 Å². The van der Waals surface area contributed by atoms with Gasteiger partial charge in [-0.15, -0.1) is 11.3 Å². The maximum atomic E-state index is 12.9. The van der Waals surface area contributed by atoms with E-state index in [1.165, 1.54) is 11.3 Å². The smallest absolute Gasteiger partial charge is 0.422 e. The highest BCUT2D eigenvalue weighted by atomic mass is 35.5. The topological polar surface area (TPSA) is 160 Å². The Balaban J connectivity index is 1.19. The lowest BCUT2D eigenvalue weighted by Crippen LogP contribution is -2.44. The number of hydrogen-bond acceptors (Lipinski definition) is 11. The molecule has 2 aromatic carbocycles. The number of aromatic nitrogens is 4. The molecule has 1 aliphatic rings. The number of benzene rings is 2. The van der Waals surface area contributed by atoms with Crippen LogP contribution in [-0.4, -0.2) is 63.4 Å². The standard InChI is InChI=1S/C32H32ClF3N8O4S/c1-30(2,17-39-26(47)23(45)15-24-37-13-14-49-24)16-38-25(46)19-3-9-22(10-4-19)40-27-41-28(43-29(42-27)48-18-32(34,35)36)44-31(11-12-31)20-5-7-21(33)8-6-20/h3-10,13-14H,11-12,15-18H2,1-2H3,(H,38,46)(H,39,47)(H2,40,41,42,43,44). The van der Waals surface area contributed by atoms with Crippen molar-refractivity contribution in [2.45, 2.75) is 44.8 Å². The van der Waals surface area contributed by atoms with Crippen LogP contribution in [0.1, 0.15) is 47.6 Å². The summed E-state index contributed by atoms with van der Waals surface area (Å²) in [7, 11) is 0. The van der Waals surface area contributed by atoms with E-state index in [-0.39, 0.29) is 37.3 Å². The molecule has 2 amide bonds. The largest absolute Gasteiger partial charge is 0.454 e. The second-order valence-electron chi connectivity index (χ2n) is 12.1. The Labute approximate surface area is 288 Å². The SMILES string of the molecule is CC(C)(CNC(=O)C(=O)Cc1nccs1)CNC(=O)c1ccc(Nc2nc(NC3(c4ccc(Cl)cc4)CC3)nc(OCC(F)(F)F)n2)cc1. The molecule has 2 heterocycles. The molecule has 0 spiro atoms. The van der Waals surface area contributed by atoms with E-state index >= 15 is 0 Å². The van der Waals surface area contributed by atoms with E-state index in [9.17, 15) is 27.6 Å². The van der Waals surface area contributed by atoms with Gasteiger partial charge >= 0.3 is 12.2 Å². The predicted octanol–water partition coefficient (Wildman–Crippen LogP) is 5.45. The molecule has 1 aliphatic carbocycles. The maximum Gasteiger partial charge on any atom is 0.422 e. The van der Waals surface area contributed by atoms with Gasteiger partial charge in [-0.25, -0.2) is 4.98 Å². The highest BCUT2D eigenvalue weighted by Gasteiger charge is 2.45. The molecule has 17 heteroatoms. The number of Topliss-reactive ketones (excluding diaryl/α,β-unsaturated/α-hetero) is 1. The molecule has 2 aromatic heterocycles. The molecule has 5 rings (SSSR count). The third-order valence-electron chi connectivity index (χ3n) is 7.38. The van der Waals surface area contributed by atoms with Gasteiger partial charge in [-0.1, -0.05) is 37.6 Å². The predicted molar refractivity (Wildman–Crippen MR) is 177 cm³/mol. The van der Waals surface area contributed by atoms with E-state index in [2.05, 4.69) is 41.2 Å². The Bertz CT molecular complexity index is 1790. The van der Waals surface area contributed by atoms with Gasteiger partial charge in [0.15, 0.2) is 6.61 Å². The van der Waals surface area contributed by atoms with Crippen molar-refractivity contribution < 1.29 is 32.3 Å². The lowest BCUT2D eigenvalue weighted by Gasteiger charge is -2.25. The summed E-state index contributed by atoms with van der Waals surface area (Å²) in [4.78, 5) is 53.7. The molecule has 258 valence electrons. The molecular formula is C32H32ClF3N8O4S. The van der Waals surface area contributed by atoms with Crippen LogP contribution in [0, 0.1) is 5.41 Å². The van der Waals surface area contributed by atoms with E-state index in [0.29, 0.717) is 21.3 Å². The number of halogens is 4. The number of alkyl halides is 3. The molecular weight excluding hydrogens is 685 g/mol. The second-order valence-corrected chi connectivity index (χ2v) is 13.6. The first-order valence-corrected chi connectivity index (χ1v) is 16.3. The van der Waals surface area contributed by atoms with Crippen LogP contribution in [-0.2, 0) is 21.5 Å². The minimum absolute atomic E-state index is 0.0146. The maximum absolute atomic E-state index is 12.9. The van der Waals surface area contributed by atoms with Crippen LogP contribution in [0.3, 0.4) is 0 Å². The van der Waals surface area contributed by atoms with Gasteiger partial charge in [0.2, 0.25) is 17.7 Å². The molecule has 0 unspecified atom stereocenters. The highest BCUT2D eigenvalue weighted by molar-refractivity contribution is 7.09. The molecule has 0 aliphatic heterocycles. The number of nitrogens with one attached hydrogen (secondary N) is 4. The molecule has 4 aromatic rings. The second kappa shape index (κ2) is 14.7. The van der Waals surface area contributed by atoms with Gasteiger partial charge in [0.05, 0.1) is 12.0 Å². The van der Waals surface area contributed by atoms with Gasteiger partial charge in [-0.2, -0.15) is 28.1 Å². The summed E-state index contributed by atoms with van der Waals surface area (Å²) in [6, 6.07) is 12.9. The number of rotatable bonds is 15. The Kier molecular flexibility index (Phi) is 10.7. The summed E-state index contributed by atoms with van der Waals surface area (Å²) < 4.78 is 43.5. The number of ketones is 1. The first kappa shape index (κ1) is 35.5. The van der Waals surface area contributed by atoms with Gasteiger partial charge < -0.3 is 26.0 Å². The van der Waals surface area contributed by atoms with Crippen molar-refractivity contribution in [2.75, 3.05) is 30.3 Å². The number of anilines is 3. The van der Waals surface area contributed by atoms with Gasteiger partial charge in [0.1, 0.15) is 5.01 Å². The van der Waals surface area contributed by atoms with E-state index in [1.807, 2.05) is 26.0 Å². The van der Waals surface area contributed by atoms with Gasteiger partial charge in [0, 0.05) is 40.9 Å². The zero-order valence-electron chi connectivity index (χ0n) is 26.4. The van der Waals surface area contributed by atoms with E-state index in [4.69, 9.17) is 16.3 Å². The number of hydrogen-bond donors (Lipinski definition) is 4. The number of nitrogens with zero attached hydrogens (tertiary/aromatic N) is 4. The van der Waals surface area contributed by atoms with Gasteiger partial charge in [0.25, 0.3) is 11.8 Å². The van der Waals surface area contributed by atoms with Crippen molar-refractivity contribution in [3.63, 3.8) is 0 Å². The Morgan fingerprint density at radius 2 is 1.61 bits per heavy atom. The van der Waals surface area contributed by atoms with E-state index < -0.39 is 41.4 Å². The lowest BCUT2D eigenvalue weighted by atomic mass is 9.93. The molecule has 0 bridgehead atoms. The van der Waals surface area contributed by atoms with Crippen molar-refractivity contribution in [1.29, 1.82) is 0 Å². The van der Waals surface area contributed by atoms with Crippen molar-refractivity contribution in [3.05, 3.63) is 81.3 Å². The fraction of sp³-hybridized carbons (Fsp3) is 0.344. The van der Waals surface area contributed by atoms with Crippen molar-refractivity contribution in [3.8, 4) is 6.01 Å². The first-order chi connectivity index (χ1) is 23.2. The van der Waals surface area contributed by atoms with Crippen LogP contribution in [0.5, 0.6) is 6.01 Å². The zero-order valence-corrected chi connectivity index (χ0v) is 27.9. The fourth-order valence-electron chi connectivity index (χ4n) is 4.57. The Morgan fingerprint density at radius 1 is 0.939 bits per heavy atom. The molecule has 1 fully saturated rings. The summed E-state index contributed by atoms with van der Waals surface area (Å²) in [5.74, 6) is -1.75. The van der Waals surface area contributed by atoms with Crippen LogP contribution in [0.4, 0.5) is 30.8 Å². The van der Waals surface area contributed by atoms with Crippen LogP contribution in [0.2, 0.25) is 5.02 Å². The van der Waals surface area contributed by atoms with Gasteiger partial charge in [-0.3, -0.25) is 14.4 Å². The Morgan fingerprint density at radius 3 is 2.24 bits per heavy atom. The number of thiazole rings is 1. The minimum atomic E-state index is -4.60.